The van der Waals surface area contributed by atoms with Crippen molar-refractivity contribution in [3.8, 4) is 0 Å². The largest absolute Gasteiger partial charge is 0.333 e. The zero-order valence-electron chi connectivity index (χ0n) is 18.4. The Balaban J connectivity index is 1.52. The fraction of sp³-hybridized carbons (Fsp3) is 0.160. The van der Waals surface area contributed by atoms with Gasteiger partial charge in [-0.15, -0.1) is 0 Å². The summed E-state index contributed by atoms with van der Waals surface area (Å²) in [4.78, 5) is 36.5. The summed E-state index contributed by atoms with van der Waals surface area (Å²) >= 11 is 3.53. The number of benzene rings is 3. The number of carbonyl (C=O) groups excluding carboxylic acids is 1. The third kappa shape index (κ3) is 4.28. The summed E-state index contributed by atoms with van der Waals surface area (Å²) in [7, 11) is 0. The minimum atomic E-state index is -0.448. The van der Waals surface area contributed by atoms with E-state index < -0.39 is 9.85 Å². The number of nitro groups is 2. The van der Waals surface area contributed by atoms with E-state index in [0.717, 1.165) is 32.1 Å². The van der Waals surface area contributed by atoms with Crippen LogP contribution in [0.3, 0.4) is 0 Å². The molecule has 4 aromatic rings. The average molecular weight is 535 g/mol. The molecule has 0 spiro atoms. The average Bonchev–Trinajstić information content (AvgIpc) is 3.14. The van der Waals surface area contributed by atoms with Crippen molar-refractivity contribution in [1.29, 1.82) is 0 Å². The molecule has 35 heavy (non-hydrogen) atoms. The lowest BCUT2D eigenvalue weighted by molar-refractivity contribution is -0.385. The molecule has 2 heterocycles. The van der Waals surface area contributed by atoms with Crippen molar-refractivity contribution in [2.75, 3.05) is 6.54 Å². The van der Waals surface area contributed by atoms with Crippen molar-refractivity contribution in [2.24, 2.45) is 0 Å². The second kappa shape index (κ2) is 8.95. The molecule has 0 fully saturated rings. The Labute approximate surface area is 208 Å². The summed E-state index contributed by atoms with van der Waals surface area (Å²) in [5.41, 5.74) is 4.18. The lowest BCUT2D eigenvalue weighted by Crippen LogP contribution is -2.38. The molecule has 5 rings (SSSR count). The Hall–Kier alpha value is -4.05. The molecule has 3 aromatic carbocycles. The van der Waals surface area contributed by atoms with Crippen LogP contribution in [0.25, 0.3) is 10.9 Å². The first-order chi connectivity index (χ1) is 16.8. The fourth-order valence-electron chi connectivity index (χ4n) is 4.56. The first kappa shape index (κ1) is 22.7. The van der Waals surface area contributed by atoms with Crippen LogP contribution in [-0.2, 0) is 19.5 Å². The third-order valence-electron chi connectivity index (χ3n) is 6.26. The molecule has 9 nitrogen and oxygen atoms in total. The van der Waals surface area contributed by atoms with Gasteiger partial charge in [0.05, 0.1) is 9.85 Å². The van der Waals surface area contributed by atoms with Crippen LogP contribution in [-0.4, -0.2) is 31.8 Å². The van der Waals surface area contributed by atoms with Crippen molar-refractivity contribution in [3.05, 3.63) is 114 Å². The summed E-state index contributed by atoms with van der Waals surface area (Å²) in [5, 5.41) is 23.0. The highest BCUT2D eigenvalue weighted by Crippen LogP contribution is 2.34. The fourth-order valence-corrected chi connectivity index (χ4v) is 4.92. The van der Waals surface area contributed by atoms with Crippen molar-refractivity contribution < 1.29 is 14.6 Å². The number of nitro benzene ring substituents is 2. The molecule has 0 aliphatic carbocycles. The minimum Gasteiger partial charge on any atom is -0.333 e. The van der Waals surface area contributed by atoms with Crippen LogP contribution in [0, 0.1) is 20.2 Å². The van der Waals surface area contributed by atoms with Gasteiger partial charge in [-0.25, -0.2) is 0 Å². The Kier molecular flexibility index (Phi) is 5.81. The van der Waals surface area contributed by atoms with E-state index in [2.05, 4.69) is 15.9 Å². The molecule has 0 saturated carbocycles. The van der Waals surface area contributed by atoms with Gasteiger partial charge in [0.2, 0.25) is 0 Å². The van der Waals surface area contributed by atoms with Gasteiger partial charge < -0.3 is 9.47 Å². The summed E-state index contributed by atoms with van der Waals surface area (Å²) in [6.45, 7) is 1.27. The van der Waals surface area contributed by atoms with Gasteiger partial charge in [0.25, 0.3) is 17.3 Å². The van der Waals surface area contributed by atoms with Crippen molar-refractivity contribution >= 4 is 44.1 Å². The summed E-state index contributed by atoms with van der Waals surface area (Å²) < 4.78 is 2.89. The van der Waals surface area contributed by atoms with Crippen LogP contribution in [0.4, 0.5) is 11.4 Å². The number of hydrogen-bond acceptors (Lipinski definition) is 5. The Morgan fingerprint density at radius 2 is 1.40 bits per heavy atom. The van der Waals surface area contributed by atoms with Gasteiger partial charge in [-0.3, -0.25) is 25.0 Å². The molecule has 0 atom stereocenters. The Morgan fingerprint density at radius 3 is 1.97 bits per heavy atom. The molecule has 1 amide bonds. The van der Waals surface area contributed by atoms with Crippen molar-refractivity contribution in [1.82, 2.24) is 9.47 Å². The zero-order chi connectivity index (χ0) is 24.7. The van der Waals surface area contributed by atoms with Gasteiger partial charge in [0.15, 0.2) is 0 Å². The number of non-ortho nitro benzene ring substituents is 2. The second-order valence-corrected chi connectivity index (χ2v) is 9.31. The van der Waals surface area contributed by atoms with E-state index in [1.54, 1.807) is 29.2 Å². The maximum absolute atomic E-state index is 13.7. The first-order valence-corrected chi connectivity index (χ1v) is 11.7. The molecule has 0 saturated heterocycles. The molecule has 0 N–H and O–H groups in total. The van der Waals surface area contributed by atoms with Crippen LogP contribution < -0.4 is 0 Å². The van der Waals surface area contributed by atoms with Crippen molar-refractivity contribution in [3.63, 3.8) is 0 Å². The second-order valence-electron chi connectivity index (χ2n) is 8.40. The van der Waals surface area contributed by atoms with Gasteiger partial charge in [0, 0.05) is 59.3 Å². The maximum atomic E-state index is 13.7. The highest BCUT2D eigenvalue weighted by atomic mass is 79.9. The van der Waals surface area contributed by atoms with Crippen LogP contribution in [0.2, 0.25) is 0 Å². The number of rotatable bonds is 6. The lowest BCUT2D eigenvalue weighted by atomic mass is 10.0. The summed E-state index contributed by atoms with van der Waals surface area (Å²) in [6.07, 6.45) is 0.675. The van der Waals surface area contributed by atoms with Gasteiger partial charge in [-0.05, 0) is 41.3 Å². The van der Waals surface area contributed by atoms with E-state index in [0.29, 0.717) is 31.7 Å². The summed E-state index contributed by atoms with van der Waals surface area (Å²) in [5.74, 6) is -0.112. The highest BCUT2D eigenvalue weighted by Gasteiger charge is 2.31. The van der Waals surface area contributed by atoms with Gasteiger partial charge in [-0.1, -0.05) is 40.2 Å². The molecule has 0 bridgehead atoms. The number of amides is 1. The lowest BCUT2D eigenvalue weighted by Gasteiger charge is -2.28. The Morgan fingerprint density at radius 1 is 0.829 bits per heavy atom. The SMILES string of the molecule is O=C1c2c(c3cc(Br)ccc3n2Cc2ccc([N+](=O)[O-])cc2)CCN1Cc1ccc([N+](=O)[O-])cc1. The number of carbonyl (C=O) groups is 1. The number of hydrogen-bond donors (Lipinski definition) is 0. The predicted molar refractivity (Wildman–Crippen MR) is 133 cm³/mol. The summed E-state index contributed by atoms with van der Waals surface area (Å²) in [6, 6.07) is 18.5. The molecule has 0 radical (unpaired) electrons. The standard InChI is InChI=1S/C25H19BrN4O5/c26-18-5-10-23-22(13-18)21-11-12-27(14-16-1-6-19(7-2-16)29(32)33)25(31)24(21)28(23)15-17-3-8-20(9-4-17)30(34)35/h1-10,13H,11-12,14-15H2. The minimum absolute atomic E-state index is 0.00908. The van der Waals surface area contributed by atoms with Crippen LogP contribution >= 0.6 is 15.9 Å². The van der Waals surface area contributed by atoms with Crippen molar-refractivity contribution in [2.45, 2.75) is 19.5 Å². The quantitative estimate of drug-likeness (QED) is 0.240. The molecule has 1 aromatic heterocycles. The van der Waals surface area contributed by atoms with Gasteiger partial charge in [0.1, 0.15) is 5.69 Å². The molecule has 176 valence electrons. The molecular weight excluding hydrogens is 516 g/mol. The normalized spacial score (nSPS) is 13.2. The van der Waals surface area contributed by atoms with Gasteiger partial charge >= 0.3 is 0 Å². The molecule has 1 aliphatic rings. The van der Waals surface area contributed by atoms with E-state index in [1.165, 1.54) is 24.3 Å². The maximum Gasteiger partial charge on any atom is 0.271 e. The van der Waals surface area contributed by atoms with E-state index >= 15 is 0 Å². The van der Waals surface area contributed by atoms with E-state index in [1.807, 2.05) is 22.8 Å². The monoisotopic (exact) mass is 534 g/mol. The molecule has 10 heteroatoms. The van der Waals surface area contributed by atoms with E-state index in [-0.39, 0.29) is 17.3 Å². The van der Waals surface area contributed by atoms with Crippen LogP contribution in [0.15, 0.2) is 71.2 Å². The van der Waals surface area contributed by atoms with Gasteiger partial charge in [-0.2, -0.15) is 0 Å². The Bertz CT molecular complexity index is 1480. The smallest absolute Gasteiger partial charge is 0.271 e. The highest BCUT2D eigenvalue weighted by molar-refractivity contribution is 9.10. The van der Waals surface area contributed by atoms with E-state index in [9.17, 15) is 25.0 Å². The number of nitrogens with zero attached hydrogens (tertiary/aromatic N) is 4. The predicted octanol–water partition coefficient (Wildman–Crippen LogP) is 5.47. The number of aromatic nitrogens is 1. The van der Waals surface area contributed by atoms with Crippen LogP contribution in [0.5, 0.6) is 0 Å². The number of halogens is 1. The topological polar surface area (TPSA) is 112 Å². The first-order valence-electron chi connectivity index (χ1n) is 10.9. The van der Waals surface area contributed by atoms with Crippen LogP contribution in [0.1, 0.15) is 27.2 Å². The molecule has 1 aliphatic heterocycles. The third-order valence-corrected chi connectivity index (χ3v) is 6.75. The van der Waals surface area contributed by atoms with E-state index in [4.69, 9.17) is 0 Å². The zero-order valence-corrected chi connectivity index (χ0v) is 20.0. The molecule has 0 unspecified atom stereocenters. The number of fused-ring (bicyclic) bond motifs is 3. The molecular formula is C25H19BrN4O5.